The first kappa shape index (κ1) is 16.3. The first-order valence-corrected chi connectivity index (χ1v) is 9.22. The highest BCUT2D eigenvalue weighted by atomic mass is 16.6. The molecule has 0 heterocycles. The van der Waals surface area contributed by atoms with Gasteiger partial charge < -0.3 is 5.32 Å². The molecule has 0 saturated heterocycles. The van der Waals surface area contributed by atoms with Gasteiger partial charge in [-0.05, 0) is 73.3 Å². The normalized spacial score (nSPS) is 32.9. The summed E-state index contributed by atoms with van der Waals surface area (Å²) in [6.45, 7) is 0.772. The number of nitro groups is 1. The predicted molar refractivity (Wildman–Crippen MR) is 95.7 cm³/mol. The van der Waals surface area contributed by atoms with E-state index in [1.165, 1.54) is 56.7 Å². The van der Waals surface area contributed by atoms with E-state index in [2.05, 4.69) is 5.32 Å². The van der Waals surface area contributed by atoms with Gasteiger partial charge in [-0.2, -0.15) is 0 Å². The highest BCUT2D eigenvalue weighted by Gasteiger charge is 2.50. The van der Waals surface area contributed by atoms with Crippen molar-refractivity contribution in [3.8, 4) is 0 Å². The van der Waals surface area contributed by atoms with E-state index < -0.39 is 4.92 Å². The van der Waals surface area contributed by atoms with E-state index >= 15 is 0 Å². The van der Waals surface area contributed by atoms with Crippen molar-refractivity contribution in [1.82, 2.24) is 5.32 Å². The lowest BCUT2D eigenvalue weighted by Gasteiger charge is -2.56. The van der Waals surface area contributed by atoms with Crippen LogP contribution in [0.3, 0.4) is 0 Å². The Labute approximate surface area is 147 Å². The fourth-order valence-corrected chi connectivity index (χ4v) is 5.75. The minimum absolute atomic E-state index is 0.0381. The molecule has 4 bridgehead atoms. The number of rotatable bonds is 5. The van der Waals surface area contributed by atoms with Gasteiger partial charge in [0.1, 0.15) is 0 Å². The highest BCUT2D eigenvalue weighted by Crippen LogP contribution is 2.59. The van der Waals surface area contributed by atoms with E-state index in [4.69, 9.17) is 0 Å². The largest absolute Gasteiger partial charge is 0.352 e. The number of non-ortho nitro benzene ring substituents is 1. The Hall–Kier alpha value is -2.17. The standard InChI is InChI=1S/C20H24N2O3/c23-19(5-4-14-2-1-3-18(9-14)22(24)25)21-13-20-10-15-6-16(11-20)8-17(7-15)12-20/h1-5,9,15-17H,6-8,10-13H2,(H,21,23). The number of nitrogens with zero attached hydrogens (tertiary/aromatic N) is 1. The van der Waals surface area contributed by atoms with Gasteiger partial charge >= 0.3 is 0 Å². The van der Waals surface area contributed by atoms with Crippen LogP contribution in [0.1, 0.15) is 44.1 Å². The molecule has 4 aliphatic rings. The summed E-state index contributed by atoms with van der Waals surface area (Å²) < 4.78 is 0. The fraction of sp³-hybridized carbons (Fsp3) is 0.550. The maximum atomic E-state index is 12.2. The Morgan fingerprint density at radius 2 is 1.84 bits per heavy atom. The molecule has 1 aromatic carbocycles. The van der Waals surface area contributed by atoms with Crippen molar-refractivity contribution in [2.45, 2.75) is 38.5 Å². The first-order chi connectivity index (χ1) is 12.0. The molecule has 5 nitrogen and oxygen atoms in total. The van der Waals surface area contributed by atoms with Gasteiger partial charge in [0.05, 0.1) is 4.92 Å². The zero-order valence-corrected chi connectivity index (χ0v) is 14.3. The number of hydrogen-bond donors (Lipinski definition) is 1. The van der Waals surface area contributed by atoms with E-state index in [0.717, 1.165) is 24.3 Å². The van der Waals surface area contributed by atoms with Crippen LogP contribution in [0.25, 0.3) is 6.08 Å². The second kappa shape index (κ2) is 6.28. The van der Waals surface area contributed by atoms with Crippen LogP contribution in [-0.2, 0) is 4.79 Å². The third-order valence-electron chi connectivity index (χ3n) is 6.31. The van der Waals surface area contributed by atoms with E-state index in [1.807, 2.05) is 0 Å². The van der Waals surface area contributed by atoms with Crippen molar-refractivity contribution in [3.05, 3.63) is 46.0 Å². The second-order valence-corrected chi connectivity index (χ2v) is 8.32. The second-order valence-electron chi connectivity index (χ2n) is 8.32. The maximum absolute atomic E-state index is 12.2. The molecule has 0 aromatic heterocycles. The minimum Gasteiger partial charge on any atom is -0.352 e. The van der Waals surface area contributed by atoms with Crippen LogP contribution in [0.2, 0.25) is 0 Å². The van der Waals surface area contributed by atoms with Gasteiger partial charge in [-0.1, -0.05) is 12.1 Å². The van der Waals surface area contributed by atoms with Gasteiger partial charge in [0.25, 0.3) is 5.69 Å². The smallest absolute Gasteiger partial charge is 0.270 e. The molecule has 4 saturated carbocycles. The Morgan fingerprint density at radius 1 is 1.20 bits per heavy atom. The van der Waals surface area contributed by atoms with Crippen molar-refractivity contribution in [1.29, 1.82) is 0 Å². The maximum Gasteiger partial charge on any atom is 0.270 e. The van der Waals surface area contributed by atoms with Crippen LogP contribution >= 0.6 is 0 Å². The fourth-order valence-electron chi connectivity index (χ4n) is 5.75. The van der Waals surface area contributed by atoms with Gasteiger partial charge in [-0.3, -0.25) is 14.9 Å². The minimum atomic E-state index is -0.426. The SMILES string of the molecule is O=C(C=Cc1cccc([N+](=O)[O-])c1)NCC12CC3CC(CC(C3)C1)C2. The van der Waals surface area contributed by atoms with Crippen molar-refractivity contribution in [2.75, 3.05) is 6.54 Å². The lowest BCUT2D eigenvalue weighted by atomic mass is 9.49. The molecular weight excluding hydrogens is 316 g/mol. The topological polar surface area (TPSA) is 72.2 Å². The predicted octanol–water partition coefficient (Wildman–Crippen LogP) is 3.94. The molecule has 1 amide bonds. The van der Waals surface area contributed by atoms with Crippen LogP contribution in [-0.4, -0.2) is 17.4 Å². The van der Waals surface area contributed by atoms with Crippen LogP contribution in [0.5, 0.6) is 0 Å². The van der Waals surface area contributed by atoms with E-state index in [-0.39, 0.29) is 11.6 Å². The highest BCUT2D eigenvalue weighted by molar-refractivity contribution is 5.91. The molecular formula is C20H24N2O3. The van der Waals surface area contributed by atoms with Crippen molar-refractivity contribution in [3.63, 3.8) is 0 Å². The third-order valence-corrected chi connectivity index (χ3v) is 6.31. The molecule has 4 fully saturated rings. The van der Waals surface area contributed by atoms with Crippen LogP contribution in [0.4, 0.5) is 5.69 Å². The molecule has 0 unspecified atom stereocenters. The molecule has 132 valence electrons. The number of carbonyl (C=O) groups excluding carboxylic acids is 1. The summed E-state index contributed by atoms with van der Waals surface area (Å²) in [6, 6.07) is 6.31. The average Bonchev–Trinajstić information content (AvgIpc) is 2.57. The van der Waals surface area contributed by atoms with Crippen molar-refractivity contribution >= 4 is 17.7 Å². The van der Waals surface area contributed by atoms with Crippen molar-refractivity contribution < 1.29 is 9.72 Å². The van der Waals surface area contributed by atoms with E-state index in [9.17, 15) is 14.9 Å². The molecule has 0 aliphatic heterocycles. The molecule has 5 heteroatoms. The zero-order chi connectivity index (χ0) is 17.4. The van der Waals surface area contributed by atoms with Gasteiger partial charge in [0.2, 0.25) is 5.91 Å². The Bertz CT molecular complexity index is 690. The number of benzene rings is 1. The van der Waals surface area contributed by atoms with Gasteiger partial charge in [0, 0.05) is 24.8 Å². The summed E-state index contributed by atoms with van der Waals surface area (Å²) >= 11 is 0. The summed E-state index contributed by atoms with van der Waals surface area (Å²) in [5, 5.41) is 13.9. The molecule has 0 radical (unpaired) electrons. The van der Waals surface area contributed by atoms with Gasteiger partial charge in [0.15, 0.2) is 0 Å². The molecule has 1 N–H and O–H groups in total. The Morgan fingerprint density at radius 3 is 2.44 bits per heavy atom. The number of hydrogen-bond acceptors (Lipinski definition) is 3. The lowest BCUT2D eigenvalue weighted by Crippen LogP contribution is -2.51. The lowest BCUT2D eigenvalue weighted by molar-refractivity contribution is -0.384. The summed E-state index contributed by atoms with van der Waals surface area (Å²) in [4.78, 5) is 22.6. The number of nitrogens with one attached hydrogen (secondary N) is 1. The molecule has 0 spiro atoms. The van der Waals surface area contributed by atoms with Crippen LogP contribution in [0.15, 0.2) is 30.3 Å². The third kappa shape index (κ3) is 3.46. The summed E-state index contributed by atoms with van der Waals surface area (Å²) in [5.74, 6) is 2.53. The first-order valence-electron chi connectivity index (χ1n) is 9.22. The van der Waals surface area contributed by atoms with Gasteiger partial charge in [-0.25, -0.2) is 0 Å². The molecule has 1 aromatic rings. The zero-order valence-electron chi connectivity index (χ0n) is 14.3. The van der Waals surface area contributed by atoms with Crippen molar-refractivity contribution in [2.24, 2.45) is 23.2 Å². The Kier molecular flexibility index (Phi) is 4.10. The summed E-state index contributed by atoms with van der Waals surface area (Å²) in [7, 11) is 0. The molecule has 25 heavy (non-hydrogen) atoms. The van der Waals surface area contributed by atoms with Gasteiger partial charge in [-0.15, -0.1) is 0 Å². The quantitative estimate of drug-likeness (QED) is 0.501. The number of nitro benzene ring substituents is 1. The number of amides is 1. The summed E-state index contributed by atoms with van der Waals surface area (Å²) in [5.41, 5.74) is 1.03. The van der Waals surface area contributed by atoms with Crippen LogP contribution < -0.4 is 5.32 Å². The Balaban J connectivity index is 1.35. The number of carbonyl (C=O) groups is 1. The van der Waals surface area contributed by atoms with E-state index in [0.29, 0.717) is 11.0 Å². The molecule has 4 aliphatic carbocycles. The van der Waals surface area contributed by atoms with E-state index in [1.54, 1.807) is 18.2 Å². The monoisotopic (exact) mass is 340 g/mol. The summed E-state index contributed by atoms with van der Waals surface area (Å²) in [6.07, 6.45) is 11.1. The van der Waals surface area contributed by atoms with Crippen LogP contribution in [0, 0.1) is 33.3 Å². The molecule has 0 atom stereocenters. The average molecular weight is 340 g/mol. The molecule has 5 rings (SSSR count).